The molecule has 0 bridgehead atoms. The number of halogens is 1. The van der Waals surface area contributed by atoms with Gasteiger partial charge in [0, 0.05) is 12.1 Å². The average molecular weight is 384 g/mol. The minimum atomic E-state index is -0.420. The van der Waals surface area contributed by atoms with Crippen molar-refractivity contribution in [1.29, 1.82) is 0 Å². The van der Waals surface area contributed by atoms with Crippen molar-refractivity contribution >= 4 is 28.4 Å². The predicted octanol–water partition coefficient (Wildman–Crippen LogP) is 3.96. The lowest BCUT2D eigenvalue weighted by molar-refractivity contribution is -0.123. The monoisotopic (exact) mass is 383 g/mol. The van der Waals surface area contributed by atoms with Crippen LogP contribution >= 0.6 is 11.6 Å². The molecule has 27 heavy (non-hydrogen) atoms. The topological polar surface area (TPSA) is 64.0 Å². The van der Waals surface area contributed by atoms with Gasteiger partial charge in [-0.05, 0) is 37.1 Å². The Morgan fingerprint density at radius 3 is 2.59 bits per heavy atom. The van der Waals surface area contributed by atoms with E-state index in [4.69, 9.17) is 11.6 Å². The Hall–Kier alpha value is -2.66. The molecule has 5 nitrogen and oxygen atoms in total. The second-order valence-corrected chi connectivity index (χ2v) is 7.03. The average Bonchev–Trinajstić information content (AvgIpc) is 2.65. The molecule has 2 aromatic carbocycles. The smallest absolute Gasteiger partial charge is 0.261 e. The quantitative estimate of drug-likeness (QED) is 0.725. The van der Waals surface area contributed by atoms with Crippen LogP contribution in [0.1, 0.15) is 43.6 Å². The second kappa shape index (κ2) is 7.92. The van der Waals surface area contributed by atoms with E-state index in [1.54, 1.807) is 25.2 Å². The third-order valence-electron chi connectivity index (χ3n) is 4.75. The Kier molecular flexibility index (Phi) is 5.61. The summed E-state index contributed by atoms with van der Waals surface area (Å²) in [7, 11) is 1.66. The number of nitrogens with zero attached hydrogens (tertiary/aromatic N) is 2. The van der Waals surface area contributed by atoms with Crippen molar-refractivity contribution in [3.8, 4) is 0 Å². The summed E-state index contributed by atoms with van der Waals surface area (Å²) < 4.78 is 1.48. The van der Waals surface area contributed by atoms with E-state index in [9.17, 15) is 9.59 Å². The molecule has 0 radical (unpaired) electrons. The summed E-state index contributed by atoms with van der Waals surface area (Å²) in [6.45, 7) is 3.81. The standard InChI is InChI=1S/C21H22ClN3O2/c1-4-16(14-8-6-5-7-9-14)20(26)23-13(2)19-24-18-12-15(22)10-11-17(18)21(27)25(19)3/h5-13,16H,4H2,1-3H3,(H,23,26). The Labute approximate surface area is 163 Å². The molecule has 1 amide bonds. The summed E-state index contributed by atoms with van der Waals surface area (Å²) in [5.74, 6) is 0.156. The van der Waals surface area contributed by atoms with Crippen molar-refractivity contribution in [2.75, 3.05) is 0 Å². The molecule has 2 atom stereocenters. The molecule has 1 aromatic heterocycles. The number of hydrogen-bond acceptors (Lipinski definition) is 3. The normalized spacial score (nSPS) is 13.3. The molecule has 140 valence electrons. The highest BCUT2D eigenvalue weighted by Crippen LogP contribution is 2.22. The van der Waals surface area contributed by atoms with Crippen LogP contribution in [0.5, 0.6) is 0 Å². The SMILES string of the molecule is CCC(C(=O)NC(C)c1nc2cc(Cl)ccc2c(=O)n1C)c1ccccc1. The first-order valence-electron chi connectivity index (χ1n) is 8.93. The predicted molar refractivity (Wildman–Crippen MR) is 108 cm³/mol. The van der Waals surface area contributed by atoms with Crippen molar-refractivity contribution in [3.05, 3.63) is 75.3 Å². The van der Waals surface area contributed by atoms with E-state index in [0.29, 0.717) is 28.2 Å². The van der Waals surface area contributed by atoms with Crippen molar-refractivity contribution < 1.29 is 4.79 Å². The van der Waals surface area contributed by atoms with Crippen LogP contribution in [0, 0.1) is 0 Å². The van der Waals surface area contributed by atoms with Crippen LogP contribution in [0.15, 0.2) is 53.3 Å². The Bertz CT molecular complexity index is 1030. The summed E-state index contributed by atoms with van der Waals surface area (Å²) in [6.07, 6.45) is 0.683. The van der Waals surface area contributed by atoms with Crippen molar-refractivity contribution in [3.63, 3.8) is 0 Å². The molecule has 0 saturated carbocycles. The molecule has 3 rings (SSSR count). The minimum absolute atomic E-state index is 0.0864. The lowest BCUT2D eigenvalue weighted by Gasteiger charge is -2.21. The van der Waals surface area contributed by atoms with Crippen molar-refractivity contribution in [2.24, 2.45) is 7.05 Å². The van der Waals surface area contributed by atoms with Crippen LogP contribution in [-0.4, -0.2) is 15.5 Å². The maximum atomic E-state index is 12.8. The number of rotatable bonds is 5. The second-order valence-electron chi connectivity index (χ2n) is 6.60. The molecule has 1 N–H and O–H groups in total. The maximum Gasteiger partial charge on any atom is 0.261 e. The van der Waals surface area contributed by atoms with Gasteiger partial charge in [-0.3, -0.25) is 14.2 Å². The van der Waals surface area contributed by atoms with E-state index in [2.05, 4.69) is 10.3 Å². The van der Waals surface area contributed by atoms with Crippen LogP contribution in [0.25, 0.3) is 10.9 Å². The van der Waals surface area contributed by atoms with E-state index < -0.39 is 6.04 Å². The van der Waals surface area contributed by atoms with Gasteiger partial charge < -0.3 is 5.32 Å². The highest BCUT2D eigenvalue weighted by atomic mass is 35.5. The van der Waals surface area contributed by atoms with E-state index >= 15 is 0 Å². The molecule has 0 spiro atoms. The van der Waals surface area contributed by atoms with Gasteiger partial charge in [0.1, 0.15) is 5.82 Å². The summed E-state index contributed by atoms with van der Waals surface area (Å²) in [5.41, 5.74) is 1.33. The number of aromatic nitrogens is 2. The summed E-state index contributed by atoms with van der Waals surface area (Å²) in [6, 6.07) is 14.3. The van der Waals surface area contributed by atoms with Crippen LogP contribution in [0.3, 0.4) is 0 Å². The summed E-state index contributed by atoms with van der Waals surface area (Å²) in [4.78, 5) is 30.0. The number of amides is 1. The Morgan fingerprint density at radius 1 is 1.22 bits per heavy atom. The van der Waals surface area contributed by atoms with E-state index in [0.717, 1.165) is 5.56 Å². The Balaban J connectivity index is 1.91. The fourth-order valence-electron chi connectivity index (χ4n) is 3.28. The number of nitrogens with one attached hydrogen (secondary N) is 1. The lowest BCUT2D eigenvalue weighted by atomic mass is 9.95. The molecular weight excluding hydrogens is 362 g/mol. The third kappa shape index (κ3) is 3.88. The Morgan fingerprint density at radius 2 is 1.93 bits per heavy atom. The number of carbonyl (C=O) groups excluding carboxylic acids is 1. The molecule has 0 aliphatic heterocycles. The fourth-order valence-corrected chi connectivity index (χ4v) is 3.45. The van der Waals surface area contributed by atoms with Crippen molar-refractivity contribution in [2.45, 2.75) is 32.2 Å². The van der Waals surface area contributed by atoms with E-state index in [1.165, 1.54) is 4.57 Å². The van der Waals surface area contributed by atoms with Crippen LogP contribution in [0.4, 0.5) is 0 Å². The number of hydrogen-bond donors (Lipinski definition) is 1. The third-order valence-corrected chi connectivity index (χ3v) is 4.98. The van der Waals surface area contributed by atoms with Gasteiger partial charge in [0.2, 0.25) is 5.91 Å². The number of benzene rings is 2. The maximum absolute atomic E-state index is 12.8. The summed E-state index contributed by atoms with van der Waals surface area (Å²) in [5, 5.41) is 4.01. The van der Waals surface area contributed by atoms with Gasteiger partial charge in [0.05, 0.1) is 22.9 Å². The first-order valence-corrected chi connectivity index (χ1v) is 9.31. The molecule has 2 unspecified atom stereocenters. The van der Waals surface area contributed by atoms with Crippen LogP contribution < -0.4 is 10.9 Å². The molecule has 1 heterocycles. The van der Waals surface area contributed by atoms with Gasteiger partial charge in [-0.1, -0.05) is 48.9 Å². The molecule has 3 aromatic rings. The minimum Gasteiger partial charge on any atom is -0.346 e. The van der Waals surface area contributed by atoms with Gasteiger partial charge >= 0.3 is 0 Å². The van der Waals surface area contributed by atoms with E-state index in [-0.39, 0.29) is 17.4 Å². The van der Waals surface area contributed by atoms with Crippen molar-refractivity contribution in [1.82, 2.24) is 14.9 Å². The molecule has 0 aliphatic carbocycles. The van der Waals surface area contributed by atoms with Gasteiger partial charge in [-0.25, -0.2) is 4.98 Å². The van der Waals surface area contributed by atoms with Crippen LogP contribution in [-0.2, 0) is 11.8 Å². The van der Waals surface area contributed by atoms with Gasteiger partial charge in [-0.15, -0.1) is 0 Å². The first kappa shape index (κ1) is 19.1. The largest absolute Gasteiger partial charge is 0.346 e. The number of fused-ring (bicyclic) bond motifs is 1. The van der Waals surface area contributed by atoms with Crippen LogP contribution in [0.2, 0.25) is 5.02 Å². The van der Waals surface area contributed by atoms with Gasteiger partial charge in [0.25, 0.3) is 5.56 Å². The van der Waals surface area contributed by atoms with Gasteiger partial charge in [0.15, 0.2) is 0 Å². The zero-order chi connectivity index (χ0) is 19.6. The fraction of sp³-hybridized carbons (Fsp3) is 0.286. The van der Waals surface area contributed by atoms with Gasteiger partial charge in [-0.2, -0.15) is 0 Å². The number of carbonyl (C=O) groups is 1. The zero-order valence-corrected chi connectivity index (χ0v) is 16.3. The molecule has 0 fully saturated rings. The lowest BCUT2D eigenvalue weighted by Crippen LogP contribution is -2.35. The summed E-state index contributed by atoms with van der Waals surface area (Å²) >= 11 is 6.04. The molecular formula is C21H22ClN3O2. The zero-order valence-electron chi connectivity index (χ0n) is 15.6. The molecule has 6 heteroatoms. The highest BCUT2D eigenvalue weighted by molar-refractivity contribution is 6.31. The first-order chi connectivity index (χ1) is 12.9. The highest BCUT2D eigenvalue weighted by Gasteiger charge is 2.22. The van der Waals surface area contributed by atoms with E-state index in [1.807, 2.05) is 44.2 Å². The molecule has 0 saturated heterocycles. The molecule has 0 aliphatic rings.